The van der Waals surface area contributed by atoms with Crippen LogP contribution in [-0.2, 0) is 64.2 Å². The van der Waals surface area contributed by atoms with Gasteiger partial charge in [-0.3, -0.25) is 19.4 Å². The highest BCUT2D eigenvalue weighted by Crippen LogP contribution is 2.44. The van der Waals surface area contributed by atoms with Gasteiger partial charge in [-0.15, -0.1) is 0 Å². The van der Waals surface area contributed by atoms with Crippen molar-refractivity contribution in [3.8, 4) is 0 Å². The molecule has 1 amide bonds. The van der Waals surface area contributed by atoms with Gasteiger partial charge in [0.05, 0.1) is 72.7 Å². The molecule has 1 heterocycles. The summed E-state index contributed by atoms with van der Waals surface area (Å²) < 4.78 is 37.8. The number of hydrogen-bond donors (Lipinski definition) is 5. The number of ketones is 1. The van der Waals surface area contributed by atoms with Crippen molar-refractivity contribution in [1.29, 1.82) is 0 Å². The van der Waals surface area contributed by atoms with Gasteiger partial charge < -0.3 is 58.7 Å². The second-order valence-electron chi connectivity index (χ2n) is 25.1. The summed E-state index contributed by atoms with van der Waals surface area (Å²) in [5, 5.41) is 52.6. The van der Waals surface area contributed by atoms with Crippen LogP contribution in [0.1, 0.15) is 67.5 Å². The van der Waals surface area contributed by atoms with E-state index < -0.39 is 22.3 Å². The highest BCUT2D eigenvalue weighted by atomic mass is 28.3. The van der Waals surface area contributed by atoms with Crippen LogP contribution >= 0.6 is 0 Å². The molecule has 0 unspecified atom stereocenters. The molecule has 95 heavy (non-hydrogen) atoms. The number of carbonyl (C=O) groups excluding carboxylic acids is 2. The third-order valence-electron chi connectivity index (χ3n) is 17.4. The second kappa shape index (κ2) is 36.9. The Kier molecular flexibility index (Phi) is 29.3. The smallest absolute Gasteiger partial charge is 0.423 e. The third-order valence-corrected chi connectivity index (χ3v) is 20.9. The fourth-order valence-electron chi connectivity index (χ4n) is 12.2. The van der Waals surface area contributed by atoms with E-state index in [9.17, 15) is 29.7 Å². The average Bonchev–Trinajstić information content (AvgIpc) is 0.724. The Bertz CT molecular complexity index is 3750. The lowest BCUT2D eigenvalue weighted by Gasteiger charge is -2.38. The van der Waals surface area contributed by atoms with E-state index in [1.807, 2.05) is 36.4 Å². The summed E-state index contributed by atoms with van der Waals surface area (Å²) in [6.45, 7) is 23.4. The van der Waals surface area contributed by atoms with E-state index >= 15 is 0 Å². The van der Waals surface area contributed by atoms with Crippen LogP contribution in [0.2, 0.25) is 13.1 Å². The molecule has 0 radical (unpaired) electrons. The van der Waals surface area contributed by atoms with Crippen LogP contribution < -0.4 is 26.3 Å². The van der Waals surface area contributed by atoms with Gasteiger partial charge in [-0.1, -0.05) is 125 Å². The molecule has 2 aliphatic rings. The number of Topliss-reactive ketones (excluding diaryl/α,β-unsaturated/α-hetero) is 1. The topological polar surface area (TPSA) is 195 Å². The summed E-state index contributed by atoms with van der Waals surface area (Å²) in [5.41, 5.74) is 12.7. The Morgan fingerprint density at radius 1 is 0.579 bits per heavy atom. The van der Waals surface area contributed by atoms with Crippen LogP contribution in [0.4, 0.5) is 5.69 Å². The Hall–Kier alpha value is -6.98. The van der Waals surface area contributed by atoms with Crippen LogP contribution in [0, 0.1) is 0 Å². The summed E-state index contributed by atoms with van der Waals surface area (Å²) in [6, 6.07) is 37.4. The van der Waals surface area contributed by atoms with Crippen molar-refractivity contribution in [2.45, 2.75) is 73.4 Å². The molecule has 17 nitrogen and oxygen atoms in total. The molecule has 20 heteroatoms. The van der Waals surface area contributed by atoms with Crippen LogP contribution in [0.15, 0.2) is 162 Å². The Morgan fingerprint density at radius 3 is 1.59 bits per heavy atom. The molecule has 0 aromatic heterocycles. The first-order valence-electron chi connectivity index (χ1n) is 32.6. The molecule has 5 N–H and O–H groups in total. The molecule has 0 bridgehead atoms. The zero-order valence-electron chi connectivity index (χ0n) is 56.4. The maximum Gasteiger partial charge on any atom is 0.488 e. The predicted molar refractivity (Wildman–Crippen MR) is 389 cm³/mol. The monoisotopic (exact) mass is 1310 g/mol. The Labute approximate surface area is 564 Å². The van der Waals surface area contributed by atoms with Gasteiger partial charge in [0.1, 0.15) is 22.2 Å². The largest absolute Gasteiger partial charge is 0.488 e. The standard InChI is InChI=1S/C74H95B2N5O12Si.CH4/c1-53(2)70(82)24-17-34-88-38-42-92-44-40-91-37-33-81(50-57-19-12-16-23-69(57)76(86)87)52-67-61-21-14-13-20-60(61)66(51-80(49-56-18-11-15-22-68(56)75(84)85)32-36-90-41-45-93-43-39-89-35-31-77-74(83)54(3)4)62-28-25-55(46-65(62)67)73-63-29-26-58(78(5)6)47-71(63)94(9,10)72-48-59(79(7)8)27-30-64(72)73;/h11-16,18-23,25-30,46-48,84-87H,1,3,17,24,31-45,49-52H2,2,4-10H3;1H4/p+1. The van der Waals surface area contributed by atoms with E-state index in [1.165, 1.54) is 27.1 Å². The number of nitrogens with zero attached hydrogens (tertiary/aromatic N) is 4. The SMILES string of the molecule is C.C=C(C)C(=O)CCCOCCOCCOCCN(Cc1ccccc1B(O)O)Cc1c2ccccc2c(CN(CCOCCOCCOCCNC(=O)C(=C)C)Cc2ccccc2B(O)O)c2ccc(C3=C4C=CC(=[N+](C)C)C=C4[Si](C)(C)c4cc(N(C)C)ccc43)cc12. The summed E-state index contributed by atoms with van der Waals surface area (Å²) in [6.07, 6.45) is 8.00. The Balaban J connectivity index is 0.0000128. The van der Waals surface area contributed by atoms with Crippen LogP contribution in [-0.4, -0.2) is 201 Å². The molecule has 0 spiro atoms. The summed E-state index contributed by atoms with van der Waals surface area (Å²) in [5.74, 6) is -0.151. The molecule has 8 rings (SSSR count). The summed E-state index contributed by atoms with van der Waals surface area (Å²) in [4.78, 5) is 30.6. The lowest BCUT2D eigenvalue weighted by molar-refractivity contribution is -0.462. The minimum atomic E-state index is -2.30. The van der Waals surface area contributed by atoms with Crippen molar-refractivity contribution in [1.82, 2.24) is 15.1 Å². The molecule has 0 atom stereocenters. The number of rotatable bonds is 39. The van der Waals surface area contributed by atoms with Gasteiger partial charge in [0, 0.05) is 96.3 Å². The van der Waals surface area contributed by atoms with E-state index in [1.54, 1.807) is 26.0 Å². The maximum atomic E-state index is 11.9. The van der Waals surface area contributed by atoms with Crippen molar-refractivity contribution in [2.75, 3.05) is 132 Å². The zero-order valence-corrected chi connectivity index (χ0v) is 57.4. The molecule has 6 aromatic carbocycles. The Morgan fingerprint density at radius 2 is 1.07 bits per heavy atom. The highest BCUT2D eigenvalue weighted by Gasteiger charge is 2.41. The van der Waals surface area contributed by atoms with E-state index in [0.717, 1.165) is 60.8 Å². The van der Waals surface area contributed by atoms with Gasteiger partial charge in [-0.25, -0.2) is 4.58 Å². The molecule has 1 aliphatic heterocycles. The van der Waals surface area contributed by atoms with Crippen molar-refractivity contribution in [2.24, 2.45) is 0 Å². The summed E-state index contributed by atoms with van der Waals surface area (Å²) >= 11 is 0. The number of anilines is 1. The molecule has 6 aromatic rings. The number of fused-ring (bicyclic) bond motifs is 4. The van der Waals surface area contributed by atoms with E-state index in [0.29, 0.717) is 160 Å². The average molecular weight is 1310 g/mol. The molecule has 0 fully saturated rings. The molecular weight excluding hydrogens is 1210 g/mol. The van der Waals surface area contributed by atoms with Gasteiger partial charge in [-0.2, -0.15) is 0 Å². The van der Waals surface area contributed by atoms with Crippen LogP contribution in [0.25, 0.3) is 27.1 Å². The fourth-order valence-corrected chi connectivity index (χ4v) is 15.2. The number of allylic oxidation sites excluding steroid dienone is 6. The van der Waals surface area contributed by atoms with Gasteiger partial charge in [0.25, 0.3) is 0 Å². The first kappa shape index (κ1) is 75.4. The van der Waals surface area contributed by atoms with Crippen LogP contribution in [0.5, 0.6) is 0 Å². The number of nitrogens with one attached hydrogen (secondary N) is 1. The maximum absolute atomic E-state index is 11.9. The van der Waals surface area contributed by atoms with Crippen molar-refractivity contribution >= 4 is 88.6 Å². The number of carbonyl (C=O) groups is 2. The van der Waals surface area contributed by atoms with Gasteiger partial charge >= 0.3 is 14.2 Å². The molecule has 1 aliphatic carbocycles. The number of benzene rings is 6. The molecule has 506 valence electrons. The minimum Gasteiger partial charge on any atom is -0.423 e. The third kappa shape index (κ3) is 20.5. The van der Waals surface area contributed by atoms with E-state index in [2.05, 4.69) is 158 Å². The normalized spacial score (nSPS) is 13.2. The predicted octanol–water partition coefficient (Wildman–Crippen LogP) is 7.26. The zero-order chi connectivity index (χ0) is 67.3. The quantitative estimate of drug-likeness (QED) is 0.00851. The summed E-state index contributed by atoms with van der Waals surface area (Å²) in [7, 11) is 2.74. The first-order chi connectivity index (χ1) is 45.2. The van der Waals surface area contributed by atoms with Gasteiger partial charge in [0.15, 0.2) is 11.5 Å². The lowest BCUT2D eigenvalue weighted by Crippen LogP contribution is -2.49. The second-order valence-corrected chi connectivity index (χ2v) is 29.4. The number of hydrogen-bond acceptors (Lipinski definition) is 15. The van der Waals surface area contributed by atoms with Crippen molar-refractivity contribution in [3.63, 3.8) is 0 Å². The van der Waals surface area contributed by atoms with Crippen molar-refractivity contribution in [3.05, 3.63) is 196 Å². The highest BCUT2D eigenvalue weighted by molar-refractivity contribution is 6.98. The minimum absolute atomic E-state index is 0. The molecule has 0 saturated heterocycles. The number of amides is 1. The molecular formula is C75H100B2N5O12Si+. The van der Waals surface area contributed by atoms with Gasteiger partial charge in [0.2, 0.25) is 5.91 Å². The van der Waals surface area contributed by atoms with Gasteiger partial charge in [-0.05, 0) is 137 Å². The van der Waals surface area contributed by atoms with Crippen LogP contribution in [0.3, 0.4) is 0 Å². The molecule has 0 saturated carbocycles. The fraction of sp³-hybridized carbons (Fsp3) is 0.400. The van der Waals surface area contributed by atoms with E-state index in [-0.39, 0.29) is 19.1 Å². The first-order valence-corrected chi connectivity index (χ1v) is 35.6. The lowest BCUT2D eigenvalue weighted by atomic mass is 9.77. The van der Waals surface area contributed by atoms with Crippen molar-refractivity contribution < 1.29 is 62.7 Å². The number of ether oxygens (including phenoxy) is 6. The van der Waals surface area contributed by atoms with E-state index in [4.69, 9.17) is 28.4 Å².